The molecule has 1 aromatic heterocycles. The van der Waals surface area contributed by atoms with E-state index in [0.717, 1.165) is 25.7 Å². The molecule has 1 saturated carbocycles. The van der Waals surface area contributed by atoms with Crippen LogP contribution in [0.5, 0.6) is 0 Å². The molecule has 0 N–H and O–H groups in total. The number of nitro benzene ring substituents is 1. The number of non-ortho nitro benzene ring substituents is 1. The Hall–Kier alpha value is -3.17. The zero-order chi connectivity index (χ0) is 22.4. The monoisotopic (exact) mass is 442 g/mol. The second-order valence-corrected chi connectivity index (χ2v) is 9.06. The number of hydrogen-bond acceptors (Lipinski definition) is 6. The minimum atomic E-state index is -0.583. The lowest BCUT2D eigenvalue weighted by molar-refractivity contribution is -0.384. The lowest BCUT2D eigenvalue weighted by Gasteiger charge is -2.47. The standard InChI is InChI=1S/C22H26N4O6/c27-20(23-11-9-17-14(13-23)3-8-21(28)25(17)15-4-5-15)2-1-10-24-18-7-6-16(26(30)31)12-19(18)32-22(24)29/h6-7,12,14-15,17H,1-5,8-11,13H2. The summed E-state index contributed by atoms with van der Waals surface area (Å²) < 4.78 is 6.56. The van der Waals surface area contributed by atoms with Gasteiger partial charge in [0.1, 0.15) is 0 Å². The summed E-state index contributed by atoms with van der Waals surface area (Å²) in [5.41, 5.74) is 0.521. The normalized spacial score (nSPS) is 23.4. The number of hydrogen-bond donors (Lipinski definition) is 0. The second-order valence-electron chi connectivity index (χ2n) is 9.06. The number of fused-ring (bicyclic) bond motifs is 2. The quantitative estimate of drug-likeness (QED) is 0.500. The molecule has 32 heavy (non-hydrogen) atoms. The Morgan fingerprint density at radius 2 is 2.00 bits per heavy atom. The van der Waals surface area contributed by atoms with E-state index >= 15 is 0 Å². The smallest absolute Gasteiger partial charge is 0.407 e. The molecule has 1 aliphatic carbocycles. The SMILES string of the molecule is O=C(CCCn1c(=O)oc2cc([N+](=O)[O-])ccc21)N1CCC2C(CCC(=O)N2C2CC2)C1. The molecule has 0 spiro atoms. The lowest BCUT2D eigenvalue weighted by Crippen LogP contribution is -2.57. The van der Waals surface area contributed by atoms with Crippen LogP contribution in [0.15, 0.2) is 27.4 Å². The maximum absolute atomic E-state index is 12.8. The fraction of sp³-hybridized carbons (Fsp3) is 0.591. The van der Waals surface area contributed by atoms with Crippen LogP contribution in [0, 0.1) is 16.0 Å². The van der Waals surface area contributed by atoms with E-state index in [0.29, 0.717) is 56.4 Å². The van der Waals surface area contributed by atoms with E-state index in [1.165, 1.54) is 22.8 Å². The molecule has 2 aromatic rings. The second kappa shape index (κ2) is 8.07. The van der Waals surface area contributed by atoms with Gasteiger partial charge in [0.25, 0.3) is 5.69 Å². The fourth-order valence-corrected chi connectivity index (χ4v) is 5.27. The number of aryl methyl sites for hydroxylation is 1. The van der Waals surface area contributed by atoms with Crippen LogP contribution in [-0.2, 0) is 16.1 Å². The minimum absolute atomic E-state index is 0.0646. The summed E-state index contributed by atoms with van der Waals surface area (Å²) in [7, 11) is 0. The molecule has 3 heterocycles. The molecule has 2 unspecified atom stereocenters. The van der Waals surface area contributed by atoms with Crippen LogP contribution in [-0.4, -0.2) is 56.3 Å². The van der Waals surface area contributed by atoms with Gasteiger partial charge in [-0.1, -0.05) is 0 Å². The Morgan fingerprint density at radius 3 is 2.75 bits per heavy atom. The van der Waals surface area contributed by atoms with Crippen LogP contribution >= 0.6 is 0 Å². The number of oxazole rings is 1. The van der Waals surface area contributed by atoms with Gasteiger partial charge in [0.05, 0.1) is 16.5 Å². The molecular weight excluding hydrogens is 416 g/mol. The summed E-state index contributed by atoms with van der Waals surface area (Å²) in [4.78, 5) is 51.7. The van der Waals surface area contributed by atoms with Crippen molar-refractivity contribution in [2.45, 2.75) is 63.6 Å². The van der Waals surface area contributed by atoms with Crippen LogP contribution in [0.2, 0.25) is 0 Å². The van der Waals surface area contributed by atoms with E-state index in [-0.39, 0.29) is 29.1 Å². The average molecular weight is 442 g/mol. The van der Waals surface area contributed by atoms with E-state index in [4.69, 9.17) is 4.42 Å². The maximum Gasteiger partial charge on any atom is 0.419 e. The van der Waals surface area contributed by atoms with Crippen molar-refractivity contribution in [2.75, 3.05) is 13.1 Å². The number of benzene rings is 1. The van der Waals surface area contributed by atoms with Gasteiger partial charge in [-0.15, -0.1) is 0 Å². The predicted molar refractivity (Wildman–Crippen MR) is 114 cm³/mol. The van der Waals surface area contributed by atoms with E-state index in [9.17, 15) is 24.5 Å². The van der Waals surface area contributed by atoms with Gasteiger partial charge in [-0.3, -0.25) is 24.3 Å². The minimum Gasteiger partial charge on any atom is -0.407 e. The summed E-state index contributed by atoms with van der Waals surface area (Å²) in [6.45, 7) is 1.66. The van der Waals surface area contributed by atoms with Gasteiger partial charge in [0.15, 0.2) is 5.58 Å². The molecule has 3 aliphatic rings. The van der Waals surface area contributed by atoms with Gasteiger partial charge in [0.2, 0.25) is 11.8 Å². The maximum atomic E-state index is 12.8. The summed E-state index contributed by atoms with van der Waals surface area (Å²) in [5.74, 6) is 0.106. The fourth-order valence-electron chi connectivity index (χ4n) is 5.27. The summed E-state index contributed by atoms with van der Waals surface area (Å²) in [6.07, 6.45) is 5.26. The third kappa shape index (κ3) is 3.78. The van der Waals surface area contributed by atoms with Crippen molar-refractivity contribution in [3.8, 4) is 0 Å². The molecule has 170 valence electrons. The molecule has 1 aromatic carbocycles. The van der Waals surface area contributed by atoms with Crippen LogP contribution in [0.25, 0.3) is 11.1 Å². The highest BCUT2D eigenvalue weighted by atomic mass is 16.6. The molecule has 10 heteroatoms. The van der Waals surface area contributed by atoms with Gasteiger partial charge in [0, 0.05) is 50.6 Å². The summed E-state index contributed by atoms with van der Waals surface area (Å²) in [6, 6.07) is 4.77. The molecule has 10 nitrogen and oxygen atoms in total. The molecule has 2 aliphatic heterocycles. The highest BCUT2D eigenvalue weighted by molar-refractivity contribution is 5.79. The molecule has 3 fully saturated rings. The van der Waals surface area contributed by atoms with Crippen molar-refractivity contribution in [3.63, 3.8) is 0 Å². The van der Waals surface area contributed by atoms with Crippen molar-refractivity contribution in [1.82, 2.24) is 14.4 Å². The number of nitro groups is 1. The molecular formula is C22H26N4O6. The zero-order valence-corrected chi connectivity index (χ0v) is 17.8. The predicted octanol–water partition coefficient (Wildman–Crippen LogP) is 2.28. The molecule has 2 amide bonds. The number of amides is 2. The van der Waals surface area contributed by atoms with E-state index in [1.54, 1.807) is 0 Å². The third-order valence-corrected chi connectivity index (χ3v) is 7.00. The van der Waals surface area contributed by atoms with Gasteiger partial charge in [-0.05, 0) is 44.1 Å². The molecule has 0 bridgehead atoms. The third-order valence-electron chi connectivity index (χ3n) is 7.00. The number of rotatable bonds is 6. The Labute approximate surface area is 183 Å². The molecule has 5 rings (SSSR count). The van der Waals surface area contributed by atoms with Crippen LogP contribution < -0.4 is 5.76 Å². The first-order chi connectivity index (χ1) is 15.4. The van der Waals surface area contributed by atoms with Crippen LogP contribution in [0.3, 0.4) is 0 Å². The Balaban J connectivity index is 1.18. The van der Waals surface area contributed by atoms with Crippen molar-refractivity contribution in [3.05, 3.63) is 38.9 Å². The first-order valence-corrected chi connectivity index (χ1v) is 11.3. The number of piperidine rings is 2. The average Bonchev–Trinajstić information content (AvgIpc) is 3.56. The Bertz CT molecular complexity index is 1130. The van der Waals surface area contributed by atoms with E-state index in [2.05, 4.69) is 4.90 Å². The number of likely N-dealkylation sites (tertiary alicyclic amines) is 2. The first-order valence-electron chi connectivity index (χ1n) is 11.3. The van der Waals surface area contributed by atoms with Crippen molar-refractivity contribution in [2.24, 2.45) is 5.92 Å². The Morgan fingerprint density at radius 1 is 1.19 bits per heavy atom. The van der Waals surface area contributed by atoms with E-state index < -0.39 is 10.7 Å². The number of carbonyl (C=O) groups excluding carboxylic acids is 2. The molecule has 2 atom stereocenters. The van der Waals surface area contributed by atoms with Gasteiger partial charge >= 0.3 is 5.76 Å². The summed E-state index contributed by atoms with van der Waals surface area (Å²) in [5, 5.41) is 10.9. The van der Waals surface area contributed by atoms with E-state index in [1.807, 2.05) is 4.90 Å². The zero-order valence-electron chi connectivity index (χ0n) is 17.8. The number of carbonyl (C=O) groups is 2. The number of nitrogens with zero attached hydrogens (tertiary/aromatic N) is 4. The first kappa shape index (κ1) is 20.7. The lowest BCUT2D eigenvalue weighted by atomic mass is 9.83. The largest absolute Gasteiger partial charge is 0.419 e. The van der Waals surface area contributed by atoms with Crippen molar-refractivity contribution < 1.29 is 18.9 Å². The van der Waals surface area contributed by atoms with Gasteiger partial charge in [-0.2, -0.15) is 0 Å². The van der Waals surface area contributed by atoms with Crippen molar-refractivity contribution in [1.29, 1.82) is 0 Å². The summed E-state index contributed by atoms with van der Waals surface area (Å²) >= 11 is 0. The van der Waals surface area contributed by atoms with Crippen LogP contribution in [0.4, 0.5) is 5.69 Å². The molecule has 0 radical (unpaired) electrons. The van der Waals surface area contributed by atoms with Crippen LogP contribution in [0.1, 0.15) is 44.9 Å². The highest BCUT2D eigenvalue weighted by Gasteiger charge is 2.45. The van der Waals surface area contributed by atoms with Gasteiger partial charge < -0.3 is 14.2 Å². The number of aromatic nitrogens is 1. The topological polar surface area (TPSA) is 119 Å². The Kier molecular flexibility index (Phi) is 5.22. The highest BCUT2D eigenvalue weighted by Crippen LogP contribution is 2.39. The molecule has 2 saturated heterocycles. The van der Waals surface area contributed by atoms with Gasteiger partial charge in [-0.25, -0.2) is 4.79 Å². The van der Waals surface area contributed by atoms with Crippen molar-refractivity contribution >= 4 is 28.6 Å².